The molecule has 3 nitrogen and oxygen atoms in total. The first kappa shape index (κ1) is 13.0. The van der Waals surface area contributed by atoms with Crippen LogP contribution in [-0.4, -0.2) is 31.2 Å². The average molecular weight is 310 g/mol. The van der Waals surface area contributed by atoms with Gasteiger partial charge in [0.25, 0.3) is 0 Å². The first-order valence-electron chi connectivity index (χ1n) is 4.31. The number of nitrogens with zero attached hydrogens (tertiary/aromatic N) is 1. The largest absolute Gasteiger partial charge is 0.249 e. The minimum atomic E-state index is -2.87. The molecule has 15 heavy (non-hydrogen) atoms. The number of aromatic nitrogens is 1. The summed E-state index contributed by atoms with van der Waals surface area (Å²) in [5, 5.41) is 0.861. The van der Waals surface area contributed by atoms with Gasteiger partial charge in [-0.25, -0.2) is 13.4 Å². The molecule has 6 heteroatoms. The van der Waals surface area contributed by atoms with E-state index in [1.54, 1.807) is 6.20 Å². The van der Waals surface area contributed by atoms with E-state index in [0.29, 0.717) is 5.75 Å². The molecule has 0 fully saturated rings. The lowest BCUT2D eigenvalue weighted by atomic mass is 10.3. The van der Waals surface area contributed by atoms with Gasteiger partial charge in [-0.05, 0) is 34.5 Å². The van der Waals surface area contributed by atoms with Crippen LogP contribution in [0.25, 0.3) is 0 Å². The molecule has 1 rings (SSSR count). The van der Waals surface area contributed by atoms with Gasteiger partial charge in [-0.2, -0.15) is 0 Å². The van der Waals surface area contributed by atoms with Gasteiger partial charge >= 0.3 is 0 Å². The Morgan fingerprint density at radius 3 is 2.73 bits per heavy atom. The lowest BCUT2D eigenvalue weighted by molar-refractivity contribution is 0.603. The molecule has 0 saturated heterocycles. The van der Waals surface area contributed by atoms with Crippen molar-refractivity contribution in [3.8, 4) is 0 Å². The molecular formula is C9H12BrNO2S2. The van der Waals surface area contributed by atoms with E-state index < -0.39 is 9.84 Å². The summed E-state index contributed by atoms with van der Waals surface area (Å²) in [6, 6.07) is 1.94. The summed E-state index contributed by atoms with van der Waals surface area (Å²) in [5.41, 5.74) is 1.10. The molecule has 0 spiro atoms. The molecule has 1 heterocycles. The highest BCUT2D eigenvalue weighted by Gasteiger charge is 2.04. The van der Waals surface area contributed by atoms with Crippen molar-refractivity contribution in [3.63, 3.8) is 0 Å². The summed E-state index contributed by atoms with van der Waals surface area (Å²) in [6.07, 6.45) is 2.98. The summed E-state index contributed by atoms with van der Waals surface area (Å²) in [7, 11) is -2.87. The second kappa shape index (κ2) is 5.32. The first-order valence-corrected chi connectivity index (χ1v) is 8.15. The lowest BCUT2D eigenvalue weighted by Gasteiger charge is -2.02. The molecule has 0 aliphatic heterocycles. The number of hydrogen-bond donors (Lipinski definition) is 0. The van der Waals surface area contributed by atoms with Crippen LogP contribution in [0.2, 0.25) is 0 Å². The van der Waals surface area contributed by atoms with E-state index in [9.17, 15) is 8.42 Å². The summed E-state index contributed by atoms with van der Waals surface area (Å²) in [5.74, 6) is 0.737. The molecule has 0 aliphatic carbocycles. The number of thioether (sulfide) groups is 1. The maximum Gasteiger partial charge on any atom is 0.148 e. The maximum absolute atomic E-state index is 10.9. The number of hydrogen-bond acceptors (Lipinski definition) is 4. The Kier molecular flexibility index (Phi) is 4.61. The molecule has 0 bridgehead atoms. The molecule has 0 amide bonds. The first-order chi connectivity index (χ1) is 6.88. The third kappa shape index (κ3) is 4.99. The Morgan fingerprint density at radius 1 is 1.53 bits per heavy atom. The van der Waals surface area contributed by atoms with Crippen molar-refractivity contribution < 1.29 is 8.42 Å². The topological polar surface area (TPSA) is 47.0 Å². The average Bonchev–Trinajstić information content (AvgIpc) is 2.09. The van der Waals surface area contributed by atoms with Crippen molar-refractivity contribution in [1.29, 1.82) is 0 Å². The molecule has 1 aromatic rings. The summed E-state index contributed by atoms with van der Waals surface area (Å²) >= 11 is 4.82. The number of rotatable bonds is 4. The predicted octanol–water partition coefficient (Wildman–Crippen LogP) is 2.29. The highest BCUT2D eigenvalue weighted by molar-refractivity contribution is 9.10. The molecule has 0 N–H and O–H groups in total. The fraction of sp³-hybridized carbons (Fsp3) is 0.444. The van der Waals surface area contributed by atoms with E-state index >= 15 is 0 Å². The monoisotopic (exact) mass is 309 g/mol. The lowest BCUT2D eigenvalue weighted by Crippen LogP contribution is -2.05. The highest BCUT2D eigenvalue weighted by atomic mass is 79.9. The van der Waals surface area contributed by atoms with Gasteiger partial charge in [0, 0.05) is 22.7 Å². The fourth-order valence-electron chi connectivity index (χ4n) is 0.890. The van der Waals surface area contributed by atoms with Gasteiger partial charge in [0.1, 0.15) is 9.84 Å². The number of halogens is 1. The SMILES string of the molecule is Cc1cc(SCCS(C)(=O)=O)ncc1Br. The Labute approximate surface area is 103 Å². The van der Waals surface area contributed by atoms with E-state index in [2.05, 4.69) is 20.9 Å². The number of pyridine rings is 1. The zero-order chi connectivity index (χ0) is 11.5. The number of aryl methyl sites for hydroxylation is 1. The van der Waals surface area contributed by atoms with E-state index in [-0.39, 0.29) is 5.75 Å². The predicted molar refractivity (Wildman–Crippen MR) is 67.1 cm³/mol. The van der Waals surface area contributed by atoms with Crippen LogP contribution in [0, 0.1) is 6.92 Å². The minimum Gasteiger partial charge on any atom is -0.249 e. The van der Waals surface area contributed by atoms with Crippen LogP contribution >= 0.6 is 27.7 Å². The van der Waals surface area contributed by atoms with Gasteiger partial charge in [-0.1, -0.05) is 0 Å². The third-order valence-electron chi connectivity index (χ3n) is 1.73. The second-order valence-electron chi connectivity index (χ2n) is 3.25. The van der Waals surface area contributed by atoms with Crippen molar-refractivity contribution in [2.75, 3.05) is 17.8 Å². The zero-order valence-corrected chi connectivity index (χ0v) is 11.7. The minimum absolute atomic E-state index is 0.189. The molecule has 0 saturated carbocycles. The van der Waals surface area contributed by atoms with Crippen LogP contribution in [0.1, 0.15) is 5.56 Å². The summed E-state index contributed by atoms with van der Waals surface area (Å²) in [4.78, 5) is 4.18. The zero-order valence-electron chi connectivity index (χ0n) is 8.53. The van der Waals surface area contributed by atoms with Gasteiger partial charge in [-0.3, -0.25) is 0 Å². The normalized spacial score (nSPS) is 11.7. The molecule has 84 valence electrons. The van der Waals surface area contributed by atoms with Gasteiger partial charge in [0.05, 0.1) is 10.8 Å². The Hall–Kier alpha value is -0.0700. The molecule has 0 atom stereocenters. The molecule has 1 aromatic heterocycles. The Bertz CT molecular complexity index is 445. The standard InChI is InChI=1S/C9H12BrNO2S2/c1-7-5-9(11-6-8(7)10)14-3-4-15(2,12)13/h5-6H,3-4H2,1-2H3. The van der Waals surface area contributed by atoms with Gasteiger partial charge in [-0.15, -0.1) is 11.8 Å². The van der Waals surface area contributed by atoms with Crippen molar-refractivity contribution in [2.45, 2.75) is 11.9 Å². The van der Waals surface area contributed by atoms with Crippen LogP contribution in [0.15, 0.2) is 21.8 Å². The van der Waals surface area contributed by atoms with Crippen molar-refractivity contribution >= 4 is 37.5 Å². The third-order valence-corrected chi connectivity index (χ3v) is 4.69. The molecular weight excluding hydrogens is 298 g/mol. The van der Waals surface area contributed by atoms with Crippen molar-refractivity contribution in [1.82, 2.24) is 4.98 Å². The Morgan fingerprint density at radius 2 is 2.20 bits per heavy atom. The van der Waals surface area contributed by atoms with Gasteiger partial charge in [0.2, 0.25) is 0 Å². The van der Waals surface area contributed by atoms with Crippen molar-refractivity contribution in [2.24, 2.45) is 0 Å². The number of sulfone groups is 1. The summed E-state index contributed by atoms with van der Waals surface area (Å²) < 4.78 is 22.8. The maximum atomic E-state index is 10.9. The highest BCUT2D eigenvalue weighted by Crippen LogP contribution is 2.21. The van der Waals surface area contributed by atoms with Crippen LogP contribution in [-0.2, 0) is 9.84 Å². The molecule has 0 aliphatic rings. The van der Waals surface area contributed by atoms with E-state index in [1.807, 2.05) is 13.0 Å². The van der Waals surface area contributed by atoms with Crippen molar-refractivity contribution in [3.05, 3.63) is 22.3 Å². The quantitative estimate of drug-likeness (QED) is 0.801. The van der Waals surface area contributed by atoms with Crippen LogP contribution < -0.4 is 0 Å². The van der Waals surface area contributed by atoms with E-state index in [1.165, 1.54) is 18.0 Å². The Balaban J connectivity index is 2.55. The van der Waals surface area contributed by atoms with Gasteiger partial charge in [0.15, 0.2) is 0 Å². The van der Waals surface area contributed by atoms with E-state index in [0.717, 1.165) is 15.1 Å². The van der Waals surface area contributed by atoms with E-state index in [4.69, 9.17) is 0 Å². The van der Waals surface area contributed by atoms with Crippen LogP contribution in [0.4, 0.5) is 0 Å². The van der Waals surface area contributed by atoms with Crippen LogP contribution in [0.5, 0.6) is 0 Å². The fourth-order valence-corrected chi connectivity index (χ4v) is 3.25. The summed E-state index contributed by atoms with van der Waals surface area (Å²) in [6.45, 7) is 1.98. The molecule has 0 radical (unpaired) electrons. The molecule has 0 aromatic carbocycles. The smallest absolute Gasteiger partial charge is 0.148 e. The second-order valence-corrected chi connectivity index (χ2v) is 7.48. The van der Waals surface area contributed by atoms with Gasteiger partial charge < -0.3 is 0 Å². The van der Waals surface area contributed by atoms with Crippen LogP contribution in [0.3, 0.4) is 0 Å². The molecule has 0 unspecified atom stereocenters.